The van der Waals surface area contributed by atoms with Crippen molar-refractivity contribution in [1.82, 2.24) is 4.98 Å². The van der Waals surface area contributed by atoms with Crippen LogP contribution in [-0.2, 0) is 0 Å². The van der Waals surface area contributed by atoms with Crippen molar-refractivity contribution < 1.29 is 9.84 Å². The lowest BCUT2D eigenvalue weighted by Crippen LogP contribution is -2.05. The van der Waals surface area contributed by atoms with Crippen LogP contribution in [0, 0.1) is 6.92 Å². The summed E-state index contributed by atoms with van der Waals surface area (Å²) in [7, 11) is 1.65. The highest BCUT2D eigenvalue weighted by Gasteiger charge is 2.07. The zero-order valence-electron chi connectivity index (χ0n) is 10.7. The fourth-order valence-corrected chi connectivity index (χ4v) is 1.96. The van der Waals surface area contributed by atoms with Gasteiger partial charge in [0.05, 0.1) is 7.11 Å². The maximum atomic E-state index is 8.82. The number of para-hydroxylation sites is 1. The second kappa shape index (κ2) is 5.69. The molecule has 1 aromatic carbocycles. The number of rotatable bonds is 5. The van der Waals surface area contributed by atoms with Gasteiger partial charge in [0, 0.05) is 29.9 Å². The van der Waals surface area contributed by atoms with Gasteiger partial charge in [-0.2, -0.15) is 0 Å². The van der Waals surface area contributed by atoms with Crippen LogP contribution >= 0.6 is 0 Å². The van der Waals surface area contributed by atoms with Crippen LogP contribution in [0.3, 0.4) is 0 Å². The van der Waals surface area contributed by atoms with Crippen LogP contribution in [0.25, 0.3) is 10.9 Å². The number of nitrogens with zero attached hydrogens (tertiary/aromatic N) is 1. The Morgan fingerprint density at radius 1 is 1.39 bits per heavy atom. The molecule has 2 rings (SSSR count). The van der Waals surface area contributed by atoms with Gasteiger partial charge >= 0.3 is 0 Å². The maximum Gasteiger partial charge on any atom is 0.145 e. The summed E-state index contributed by atoms with van der Waals surface area (Å²) in [5, 5.41) is 13.2. The van der Waals surface area contributed by atoms with Crippen LogP contribution in [-0.4, -0.2) is 30.4 Å². The Hall–Kier alpha value is -1.81. The van der Waals surface area contributed by atoms with Crippen molar-refractivity contribution in [3.63, 3.8) is 0 Å². The molecule has 2 aromatic rings. The van der Waals surface area contributed by atoms with Crippen LogP contribution in [0.15, 0.2) is 24.3 Å². The quantitative estimate of drug-likeness (QED) is 0.795. The van der Waals surface area contributed by atoms with Crippen molar-refractivity contribution in [2.45, 2.75) is 13.3 Å². The summed E-state index contributed by atoms with van der Waals surface area (Å²) in [6.07, 6.45) is 0.729. The summed E-state index contributed by atoms with van der Waals surface area (Å²) < 4.78 is 5.33. The Bertz CT molecular complexity index is 541. The lowest BCUT2D eigenvalue weighted by atomic mass is 10.1. The molecule has 0 unspecified atom stereocenters. The van der Waals surface area contributed by atoms with Gasteiger partial charge < -0.3 is 15.2 Å². The topological polar surface area (TPSA) is 54.4 Å². The molecule has 0 aliphatic carbocycles. The monoisotopic (exact) mass is 246 g/mol. The smallest absolute Gasteiger partial charge is 0.145 e. The molecule has 0 aliphatic heterocycles. The minimum absolute atomic E-state index is 0.193. The second-order valence-electron chi connectivity index (χ2n) is 4.17. The predicted molar refractivity (Wildman–Crippen MR) is 73.2 cm³/mol. The SMILES string of the molecule is COc1cccc2c(NCCCO)cc(C)nc12. The van der Waals surface area contributed by atoms with E-state index in [1.807, 2.05) is 31.2 Å². The number of hydrogen-bond donors (Lipinski definition) is 2. The van der Waals surface area contributed by atoms with Crippen molar-refractivity contribution >= 4 is 16.6 Å². The number of nitrogens with one attached hydrogen (secondary N) is 1. The molecule has 4 nitrogen and oxygen atoms in total. The third kappa shape index (κ3) is 2.54. The number of methoxy groups -OCH3 is 1. The summed E-state index contributed by atoms with van der Waals surface area (Å²) in [5.74, 6) is 0.779. The van der Waals surface area contributed by atoms with Gasteiger partial charge in [0.25, 0.3) is 0 Å². The molecule has 2 N–H and O–H groups in total. The first-order valence-electron chi connectivity index (χ1n) is 6.05. The molecule has 0 aliphatic rings. The molecule has 0 saturated heterocycles. The van der Waals surface area contributed by atoms with Gasteiger partial charge in [-0.05, 0) is 25.5 Å². The summed E-state index contributed by atoms with van der Waals surface area (Å²) >= 11 is 0. The standard InChI is InChI=1S/C14H18N2O2/c1-10-9-12(15-7-4-8-17)11-5-3-6-13(18-2)14(11)16-10/h3,5-6,9,17H,4,7-8H2,1-2H3,(H,15,16). The van der Waals surface area contributed by atoms with E-state index in [1.54, 1.807) is 7.11 Å². The predicted octanol–water partition coefficient (Wildman–Crippen LogP) is 2.35. The van der Waals surface area contributed by atoms with Gasteiger partial charge in [0.15, 0.2) is 0 Å². The van der Waals surface area contributed by atoms with E-state index in [0.717, 1.165) is 41.0 Å². The average Bonchev–Trinajstić information content (AvgIpc) is 2.38. The summed E-state index contributed by atoms with van der Waals surface area (Å²) in [6, 6.07) is 7.90. The van der Waals surface area contributed by atoms with Gasteiger partial charge in [-0.15, -0.1) is 0 Å². The van der Waals surface area contributed by atoms with Gasteiger partial charge in [0.1, 0.15) is 11.3 Å². The molecule has 0 fully saturated rings. The van der Waals surface area contributed by atoms with Crippen molar-refractivity contribution in [2.75, 3.05) is 25.6 Å². The molecule has 4 heteroatoms. The normalized spacial score (nSPS) is 10.6. The zero-order valence-corrected chi connectivity index (χ0v) is 10.7. The minimum atomic E-state index is 0.193. The lowest BCUT2D eigenvalue weighted by molar-refractivity contribution is 0.292. The third-order valence-corrected chi connectivity index (χ3v) is 2.80. The van der Waals surface area contributed by atoms with E-state index in [9.17, 15) is 0 Å². The molecule has 0 amide bonds. The first kappa shape index (κ1) is 12.6. The number of aliphatic hydroxyl groups is 1. The van der Waals surface area contributed by atoms with E-state index in [2.05, 4.69) is 10.3 Å². The molecule has 1 aromatic heterocycles. The molecule has 0 atom stereocenters. The fraction of sp³-hybridized carbons (Fsp3) is 0.357. The fourth-order valence-electron chi connectivity index (χ4n) is 1.96. The van der Waals surface area contributed by atoms with E-state index in [1.165, 1.54) is 0 Å². The summed E-state index contributed by atoms with van der Waals surface area (Å²) in [4.78, 5) is 4.52. The number of aliphatic hydroxyl groups excluding tert-OH is 1. The van der Waals surface area contributed by atoms with Crippen LogP contribution in [0.5, 0.6) is 5.75 Å². The number of hydrogen-bond acceptors (Lipinski definition) is 4. The zero-order chi connectivity index (χ0) is 13.0. The van der Waals surface area contributed by atoms with Crippen LogP contribution < -0.4 is 10.1 Å². The number of fused-ring (bicyclic) bond motifs is 1. The number of aryl methyl sites for hydroxylation is 1. The van der Waals surface area contributed by atoms with Crippen LogP contribution in [0.2, 0.25) is 0 Å². The van der Waals surface area contributed by atoms with Crippen LogP contribution in [0.4, 0.5) is 5.69 Å². The maximum absolute atomic E-state index is 8.82. The number of aromatic nitrogens is 1. The summed E-state index contributed by atoms with van der Waals surface area (Å²) in [5.41, 5.74) is 2.84. The Morgan fingerprint density at radius 3 is 2.94 bits per heavy atom. The number of ether oxygens (including phenoxy) is 1. The van der Waals surface area contributed by atoms with Crippen molar-refractivity contribution in [1.29, 1.82) is 0 Å². The second-order valence-corrected chi connectivity index (χ2v) is 4.17. The molecule has 0 spiro atoms. The number of benzene rings is 1. The van der Waals surface area contributed by atoms with E-state index in [4.69, 9.17) is 9.84 Å². The minimum Gasteiger partial charge on any atom is -0.494 e. The summed E-state index contributed by atoms with van der Waals surface area (Å²) in [6.45, 7) is 2.90. The van der Waals surface area contributed by atoms with Crippen molar-refractivity contribution in [2.24, 2.45) is 0 Å². The molecule has 0 bridgehead atoms. The van der Waals surface area contributed by atoms with Gasteiger partial charge in [-0.1, -0.05) is 12.1 Å². The average molecular weight is 246 g/mol. The van der Waals surface area contributed by atoms with E-state index >= 15 is 0 Å². The Balaban J connectivity index is 2.45. The third-order valence-electron chi connectivity index (χ3n) is 2.80. The van der Waals surface area contributed by atoms with Gasteiger partial charge in [0.2, 0.25) is 0 Å². The molecule has 0 saturated carbocycles. The highest BCUT2D eigenvalue weighted by atomic mass is 16.5. The number of pyridine rings is 1. The first-order chi connectivity index (χ1) is 8.76. The highest BCUT2D eigenvalue weighted by Crippen LogP contribution is 2.29. The molecular weight excluding hydrogens is 228 g/mol. The van der Waals surface area contributed by atoms with Crippen LogP contribution in [0.1, 0.15) is 12.1 Å². The van der Waals surface area contributed by atoms with E-state index in [0.29, 0.717) is 0 Å². The van der Waals surface area contributed by atoms with E-state index in [-0.39, 0.29) is 6.61 Å². The largest absolute Gasteiger partial charge is 0.494 e. The Kier molecular flexibility index (Phi) is 3.99. The molecular formula is C14H18N2O2. The molecule has 96 valence electrons. The van der Waals surface area contributed by atoms with Crippen molar-refractivity contribution in [3.8, 4) is 5.75 Å². The molecule has 1 heterocycles. The van der Waals surface area contributed by atoms with Gasteiger partial charge in [-0.25, -0.2) is 4.98 Å². The molecule has 0 radical (unpaired) electrons. The Morgan fingerprint density at radius 2 is 2.22 bits per heavy atom. The molecule has 18 heavy (non-hydrogen) atoms. The first-order valence-corrected chi connectivity index (χ1v) is 6.05. The van der Waals surface area contributed by atoms with Crippen molar-refractivity contribution in [3.05, 3.63) is 30.0 Å². The Labute approximate surface area is 107 Å². The van der Waals surface area contributed by atoms with E-state index < -0.39 is 0 Å². The number of anilines is 1. The highest BCUT2D eigenvalue weighted by molar-refractivity contribution is 5.95. The lowest BCUT2D eigenvalue weighted by Gasteiger charge is -2.12. The van der Waals surface area contributed by atoms with Gasteiger partial charge in [-0.3, -0.25) is 0 Å².